The van der Waals surface area contributed by atoms with Crippen LogP contribution in [-0.2, 0) is 11.3 Å². The van der Waals surface area contributed by atoms with Crippen molar-refractivity contribution in [1.82, 2.24) is 10.2 Å². The van der Waals surface area contributed by atoms with Crippen LogP contribution in [0.25, 0.3) is 0 Å². The highest BCUT2D eigenvalue weighted by Crippen LogP contribution is 2.16. The fourth-order valence-electron chi connectivity index (χ4n) is 2.42. The normalized spacial score (nSPS) is 24.4. The van der Waals surface area contributed by atoms with Gasteiger partial charge >= 0.3 is 5.97 Å². The molecule has 106 valence electrons. The topological polar surface area (TPSA) is 54.7 Å². The first-order valence-corrected chi connectivity index (χ1v) is 6.69. The van der Waals surface area contributed by atoms with Gasteiger partial charge in [0.25, 0.3) is 0 Å². The molecular weight excluding hydrogens is 244 g/mol. The van der Waals surface area contributed by atoms with Crippen molar-refractivity contribution in [3.05, 3.63) is 23.7 Å². The Morgan fingerprint density at radius 3 is 3.11 bits per heavy atom. The molecule has 0 aromatic carbocycles. The molecule has 5 nitrogen and oxygen atoms in total. The highest BCUT2D eigenvalue weighted by molar-refractivity contribution is 5.88. The van der Waals surface area contributed by atoms with E-state index in [1.807, 2.05) is 0 Å². The molecule has 2 atom stereocenters. The predicted molar refractivity (Wildman–Crippen MR) is 72.0 cm³/mol. The zero-order chi connectivity index (χ0) is 13.8. The van der Waals surface area contributed by atoms with Gasteiger partial charge in [-0.3, -0.25) is 0 Å². The highest BCUT2D eigenvalue weighted by Gasteiger charge is 2.22. The van der Waals surface area contributed by atoms with Crippen molar-refractivity contribution in [3.63, 3.8) is 0 Å². The van der Waals surface area contributed by atoms with E-state index in [-0.39, 0.29) is 5.97 Å². The minimum atomic E-state index is -0.358. The Balaban J connectivity index is 1.82. The van der Waals surface area contributed by atoms with Gasteiger partial charge in [-0.25, -0.2) is 4.79 Å². The number of nitrogens with one attached hydrogen (secondary N) is 1. The van der Waals surface area contributed by atoms with Crippen LogP contribution in [0.5, 0.6) is 0 Å². The van der Waals surface area contributed by atoms with Crippen LogP contribution in [0.1, 0.15) is 35.9 Å². The molecule has 1 saturated heterocycles. The van der Waals surface area contributed by atoms with E-state index in [1.54, 1.807) is 6.07 Å². The summed E-state index contributed by atoms with van der Waals surface area (Å²) in [6, 6.07) is 2.85. The fourth-order valence-corrected chi connectivity index (χ4v) is 2.42. The Hall–Kier alpha value is -1.33. The van der Waals surface area contributed by atoms with Crippen LogP contribution in [-0.4, -0.2) is 43.7 Å². The van der Waals surface area contributed by atoms with E-state index in [0.717, 1.165) is 25.1 Å². The van der Waals surface area contributed by atoms with Crippen molar-refractivity contribution in [2.24, 2.45) is 0 Å². The summed E-state index contributed by atoms with van der Waals surface area (Å²) in [6.45, 7) is 4.01. The van der Waals surface area contributed by atoms with Crippen molar-refractivity contribution in [3.8, 4) is 0 Å². The van der Waals surface area contributed by atoms with E-state index in [1.165, 1.54) is 13.4 Å². The smallest absolute Gasteiger partial charge is 0.341 e. The van der Waals surface area contributed by atoms with E-state index < -0.39 is 0 Å². The number of carbonyl (C=O) groups is 1. The Morgan fingerprint density at radius 2 is 2.42 bits per heavy atom. The van der Waals surface area contributed by atoms with Crippen LogP contribution < -0.4 is 5.32 Å². The first kappa shape index (κ1) is 14.1. The summed E-state index contributed by atoms with van der Waals surface area (Å²) in [4.78, 5) is 13.7. The summed E-state index contributed by atoms with van der Waals surface area (Å²) < 4.78 is 10.00. The summed E-state index contributed by atoms with van der Waals surface area (Å²) >= 11 is 0. The van der Waals surface area contributed by atoms with Crippen LogP contribution in [0.2, 0.25) is 0 Å². The van der Waals surface area contributed by atoms with Crippen LogP contribution in [0.4, 0.5) is 0 Å². The Morgan fingerprint density at radius 1 is 1.63 bits per heavy atom. The predicted octanol–water partition coefficient (Wildman–Crippen LogP) is 1.64. The van der Waals surface area contributed by atoms with Gasteiger partial charge in [-0.1, -0.05) is 0 Å². The molecule has 1 aromatic heterocycles. The van der Waals surface area contributed by atoms with Crippen molar-refractivity contribution < 1.29 is 13.9 Å². The van der Waals surface area contributed by atoms with E-state index >= 15 is 0 Å². The Kier molecular flexibility index (Phi) is 4.61. The molecule has 1 fully saturated rings. The van der Waals surface area contributed by atoms with Gasteiger partial charge < -0.3 is 19.4 Å². The Bertz CT molecular complexity index is 430. The largest absolute Gasteiger partial charge is 0.467 e. The maximum Gasteiger partial charge on any atom is 0.341 e. The van der Waals surface area contributed by atoms with Crippen LogP contribution >= 0.6 is 0 Å². The lowest BCUT2D eigenvalue weighted by Gasteiger charge is -2.35. The van der Waals surface area contributed by atoms with E-state index in [9.17, 15) is 4.79 Å². The summed E-state index contributed by atoms with van der Waals surface area (Å²) in [5.41, 5.74) is 0.469. The summed E-state index contributed by atoms with van der Waals surface area (Å²) in [7, 11) is 3.53. The summed E-state index contributed by atoms with van der Waals surface area (Å²) in [5.74, 6) is 0.412. The average Bonchev–Trinajstić information content (AvgIpc) is 2.88. The second-order valence-electron chi connectivity index (χ2n) is 5.23. The maximum atomic E-state index is 11.3. The first-order valence-electron chi connectivity index (χ1n) is 6.69. The van der Waals surface area contributed by atoms with Crippen molar-refractivity contribution >= 4 is 5.97 Å². The number of rotatable bonds is 4. The van der Waals surface area contributed by atoms with Gasteiger partial charge in [-0.2, -0.15) is 0 Å². The molecule has 0 amide bonds. The molecule has 0 saturated carbocycles. The SMILES string of the molecule is COC(=O)c1coc(CNC2CCN(C)C(C)C2)c1. The third-order valence-corrected chi connectivity index (χ3v) is 3.85. The monoisotopic (exact) mass is 266 g/mol. The van der Waals surface area contributed by atoms with E-state index in [2.05, 4.69) is 28.9 Å². The first-order chi connectivity index (χ1) is 9.10. The van der Waals surface area contributed by atoms with Crippen molar-refractivity contribution in [2.75, 3.05) is 20.7 Å². The molecule has 1 aromatic rings. The molecular formula is C14H22N2O3. The van der Waals surface area contributed by atoms with Gasteiger partial charge in [0, 0.05) is 12.1 Å². The zero-order valence-corrected chi connectivity index (χ0v) is 11.8. The number of furan rings is 1. The molecule has 2 heterocycles. The molecule has 2 rings (SSSR count). The molecule has 1 aliphatic heterocycles. The molecule has 0 aliphatic carbocycles. The Labute approximate surface area is 113 Å². The quantitative estimate of drug-likeness (QED) is 0.840. The van der Waals surface area contributed by atoms with E-state index in [0.29, 0.717) is 24.2 Å². The van der Waals surface area contributed by atoms with Crippen molar-refractivity contribution in [2.45, 2.75) is 38.4 Å². The molecule has 19 heavy (non-hydrogen) atoms. The summed E-state index contributed by atoms with van der Waals surface area (Å²) in [5, 5.41) is 3.49. The third-order valence-electron chi connectivity index (χ3n) is 3.85. The zero-order valence-electron chi connectivity index (χ0n) is 11.8. The lowest BCUT2D eigenvalue weighted by Crippen LogP contribution is -2.45. The molecule has 1 N–H and O–H groups in total. The number of hydrogen-bond donors (Lipinski definition) is 1. The number of piperidine rings is 1. The van der Waals surface area contributed by atoms with Gasteiger partial charge in [0.1, 0.15) is 12.0 Å². The second kappa shape index (κ2) is 6.21. The molecule has 0 bridgehead atoms. The number of hydrogen-bond acceptors (Lipinski definition) is 5. The molecule has 0 spiro atoms. The molecule has 2 unspecified atom stereocenters. The lowest BCUT2D eigenvalue weighted by atomic mass is 9.99. The molecule has 5 heteroatoms. The lowest BCUT2D eigenvalue weighted by molar-refractivity contribution is 0.0600. The maximum absolute atomic E-state index is 11.3. The van der Waals surface area contributed by atoms with Crippen molar-refractivity contribution in [1.29, 1.82) is 0 Å². The van der Waals surface area contributed by atoms with Gasteiger partial charge in [-0.15, -0.1) is 0 Å². The highest BCUT2D eigenvalue weighted by atomic mass is 16.5. The van der Waals surface area contributed by atoms with Gasteiger partial charge in [0.2, 0.25) is 0 Å². The number of esters is 1. The van der Waals surface area contributed by atoms with Crippen LogP contribution in [0.15, 0.2) is 16.7 Å². The van der Waals surface area contributed by atoms with Crippen LogP contribution in [0, 0.1) is 0 Å². The third kappa shape index (κ3) is 3.58. The molecule has 0 radical (unpaired) electrons. The van der Waals surface area contributed by atoms with E-state index in [4.69, 9.17) is 4.42 Å². The average molecular weight is 266 g/mol. The summed E-state index contributed by atoms with van der Waals surface area (Å²) in [6.07, 6.45) is 3.73. The number of nitrogens with zero attached hydrogens (tertiary/aromatic N) is 1. The number of carbonyl (C=O) groups excluding carboxylic acids is 1. The van der Waals surface area contributed by atoms with Gasteiger partial charge in [0.15, 0.2) is 0 Å². The minimum Gasteiger partial charge on any atom is -0.467 e. The number of ether oxygens (including phenoxy) is 1. The van der Waals surface area contributed by atoms with Gasteiger partial charge in [-0.05, 0) is 39.4 Å². The minimum absolute atomic E-state index is 0.358. The fraction of sp³-hybridized carbons (Fsp3) is 0.643. The van der Waals surface area contributed by atoms with Crippen LogP contribution in [0.3, 0.4) is 0 Å². The number of likely N-dealkylation sites (tertiary alicyclic amines) is 1. The number of methoxy groups -OCH3 is 1. The standard InChI is InChI=1S/C14H22N2O3/c1-10-6-12(4-5-16(10)2)15-8-13-7-11(9-19-13)14(17)18-3/h7,9-10,12,15H,4-6,8H2,1-3H3. The molecule has 1 aliphatic rings. The van der Waals surface area contributed by atoms with Gasteiger partial charge in [0.05, 0.1) is 19.2 Å². The second-order valence-corrected chi connectivity index (χ2v) is 5.23.